The van der Waals surface area contributed by atoms with E-state index >= 15 is 0 Å². The molecule has 2 N–H and O–H groups in total. The van der Waals surface area contributed by atoms with E-state index in [9.17, 15) is 9.59 Å². The maximum Gasteiger partial charge on any atom is 0.269 e. The molecule has 2 amide bonds. The van der Waals surface area contributed by atoms with Gasteiger partial charge in [0.25, 0.3) is 11.8 Å². The molecule has 0 fully saturated rings. The highest BCUT2D eigenvalue weighted by Crippen LogP contribution is 2.35. The molecule has 4 aromatic rings. The number of aromatic nitrogens is 2. The number of hydrogen-bond donors (Lipinski definition) is 2. The van der Waals surface area contributed by atoms with Crippen LogP contribution in [0.15, 0.2) is 48.5 Å². The molecule has 0 aliphatic heterocycles. The Bertz CT molecular complexity index is 1240. The van der Waals surface area contributed by atoms with Crippen LogP contribution in [0.5, 0.6) is 0 Å². The van der Waals surface area contributed by atoms with Crippen LogP contribution in [0.3, 0.4) is 0 Å². The van der Waals surface area contributed by atoms with Crippen LogP contribution in [-0.2, 0) is 6.42 Å². The first-order valence-electron chi connectivity index (χ1n) is 8.86. The van der Waals surface area contributed by atoms with Crippen LogP contribution < -0.4 is 10.6 Å². The molecule has 0 atom stereocenters. The zero-order valence-electron chi connectivity index (χ0n) is 15.3. The molecular weight excluding hydrogens is 463 g/mol. The average Bonchev–Trinajstić information content (AvgIpc) is 3.32. The number of carbonyl (C=O) groups is 2. The normalized spacial score (nSPS) is 10.9. The summed E-state index contributed by atoms with van der Waals surface area (Å²) in [6.45, 7) is 0.370. The third-order valence-corrected chi connectivity index (χ3v) is 7.07. The first-order chi connectivity index (χ1) is 14.5. The molecule has 2 heterocycles. The van der Waals surface area contributed by atoms with Crippen LogP contribution in [0.2, 0.25) is 10.0 Å². The van der Waals surface area contributed by atoms with E-state index in [1.54, 1.807) is 24.3 Å². The van der Waals surface area contributed by atoms with Gasteiger partial charge in [-0.05, 0) is 18.2 Å². The summed E-state index contributed by atoms with van der Waals surface area (Å²) in [6.07, 6.45) is 0.480. The SMILES string of the molecule is O=C(NCCc1nnc(NC(=O)c2sc3ccccc3c2Cl)s1)c1ccccc1Cl. The fourth-order valence-corrected chi connectivity index (χ4v) is 5.11. The summed E-state index contributed by atoms with van der Waals surface area (Å²) in [4.78, 5) is 25.2. The first kappa shape index (κ1) is 20.7. The zero-order valence-corrected chi connectivity index (χ0v) is 18.5. The predicted molar refractivity (Wildman–Crippen MR) is 122 cm³/mol. The van der Waals surface area contributed by atoms with Gasteiger partial charge in [-0.2, -0.15) is 0 Å². The number of nitrogens with one attached hydrogen (secondary N) is 2. The second-order valence-corrected chi connectivity index (χ2v) is 9.08. The largest absolute Gasteiger partial charge is 0.352 e. The van der Waals surface area contributed by atoms with Crippen LogP contribution in [0.25, 0.3) is 10.1 Å². The molecule has 0 unspecified atom stereocenters. The van der Waals surface area contributed by atoms with Gasteiger partial charge < -0.3 is 5.32 Å². The highest BCUT2D eigenvalue weighted by atomic mass is 35.5. The number of carbonyl (C=O) groups excluding carboxylic acids is 2. The molecule has 0 saturated carbocycles. The zero-order chi connectivity index (χ0) is 21.1. The molecule has 6 nitrogen and oxygen atoms in total. The van der Waals surface area contributed by atoms with Gasteiger partial charge in [0.1, 0.15) is 9.88 Å². The van der Waals surface area contributed by atoms with Crippen molar-refractivity contribution in [1.82, 2.24) is 15.5 Å². The Balaban J connectivity index is 1.35. The van der Waals surface area contributed by atoms with Gasteiger partial charge in [0, 0.05) is 23.1 Å². The highest BCUT2D eigenvalue weighted by molar-refractivity contribution is 7.22. The van der Waals surface area contributed by atoms with E-state index in [0.29, 0.717) is 43.6 Å². The van der Waals surface area contributed by atoms with Crippen molar-refractivity contribution >= 4 is 72.9 Å². The Kier molecular flexibility index (Phi) is 6.29. The summed E-state index contributed by atoms with van der Waals surface area (Å²) in [5.74, 6) is -0.575. The molecular formula is C20H14Cl2N4O2S2. The third kappa shape index (κ3) is 4.46. The maximum atomic E-state index is 12.6. The molecule has 0 aliphatic carbocycles. The molecule has 0 saturated heterocycles. The smallest absolute Gasteiger partial charge is 0.269 e. The van der Waals surface area contributed by atoms with Gasteiger partial charge in [0.15, 0.2) is 0 Å². The van der Waals surface area contributed by atoms with Crippen LogP contribution in [-0.4, -0.2) is 28.6 Å². The van der Waals surface area contributed by atoms with Crippen molar-refractivity contribution in [2.45, 2.75) is 6.42 Å². The minimum atomic E-state index is -0.323. The molecule has 2 aromatic carbocycles. The molecule has 0 bridgehead atoms. The molecule has 2 aromatic heterocycles. The monoisotopic (exact) mass is 476 g/mol. The fraction of sp³-hybridized carbons (Fsp3) is 0.100. The van der Waals surface area contributed by atoms with E-state index in [0.717, 1.165) is 10.1 Å². The molecule has 0 radical (unpaired) electrons. The summed E-state index contributed by atoms with van der Waals surface area (Å²) in [7, 11) is 0. The highest BCUT2D eigenvalue weighted by Gasteiger charge is 2.18. The van der Waals surface area contributed by atoms with Crippen molar-refractivity contribution < 1.29 is 9.59 Å². The Morgan fingerprint density at radius 2 is 1.70 bits per heavy atom. The van der Waals surface area contributed by atoms with Gasteiger partial charge in [0.2, 0.25) is 5.13 Å². The molecule has 10 heteroatoms. The topological polar surface area (TPSA) is 84.0 Å². The van der Waals surface area contributed by atoms with E-state index in [1.807, 2.05) is 24.3 Å². The van der Waals surface area contributed by atoms with Crippen molar-refractivity contribution in [3.8, 4) is 0 Å². The van der Waals surface area contributed by atoms with E-state index < -0.39 is 0 Å². The number of hydrogen-bond acceptors (Lipinski definition) is 6. The number of halogens is 2. The van der Waals surface area contributed by atoms with Gasteiger partial charge in [-0.1, -0.05) is 64.9 Å². The number of nitrogens with zero attached hydrogens (tertiary/aromatic N) is 2. The molecule has 30 heavy (non-hydrogen) atoms. The van der Waals surface area contributed by atoms with Gasteiger partial charge in [-0.15, -0.1) is 21.5 Å². The Hall–Kier alpha value is -2.52. The van der Waals surface area contributed by atoms with E-state index in [2.05, 4.69) is 20.8 Å². The number of amides is 2. The number of benzene rings is 2. The van der Waals surface area contributed by atoms with Crippen molar-refractivity contribution in [2.75, 3.05) is 11.9 Å². The lowest BCUT2D eigenvalue weighted by atomic mass is 10.2. The number of anilines is 1. The van der Waals surface area contributed by atoms with Gasteiger partial charge in [-0.25, -0.2) is 0 Å². The van der Waals surface area contributed by atoms with E-state index in [4.69, 9.17) is 23.2 Å². The lowest BCUT2D eigenvalue weighted by Gasteiger charge is -2.05. The van der Waals surface area contributed by atoms with E-state index in [1.165, 1.54) is 22.7 Å². The summed E-state index contributed by atoms with van der Waals surface area (Å²) in [5, 5.41) is 16.3. The van der Waals surface area contributed by atoms with Crippen LogP contribution in [0, 0.1) is 0 Å². The van der Waals surface area contributed by atoms with Gasteiger partial charge in [-0.3, -0.25) is 14.9 Å². The Morgan fingerprint density at radius 1 is 0.933 bits per heavy atom. The molecule has 0 spiro atoms. The standard InChI is InChI=1S/C20H14Cl2N4O2S2/c21-13-7-3-1-5-11(13)18(27)23-10-9-15-25-26-20(30-15)24-19(28)17-16(22)12-6-2-4-8-14(12)29-17/h1-8H,9-10H2,(H,23,27)(H,24,26,28). The van der Waals surface area contributed by atoms with Gasteiger partial charge >= 0.3 is 0 Å². The maximum absolute atomic E-state index is 12.6. The predicted octanol–water partition coefficient (Wildman–Crippen LogP) is 5.28. The third-order valence-electron chi connectivity index (χ3n) is 4.17. The number of rotatable bonds is 6. The molecule has 152 valence electrons. The number of fused-ring (bicyclic) bond motifs is 1. The Labute approximate surface area is 189 Å². The number of thiophene rings is 1. The molecule has 0 aliphatic rings. The van der Waals surface area contributed by atoms with Crippen molar-refractivity contribution in [1.29, 1.82) is 0 Å². The first-order valence-corrected chi connectivity index (χ1v) is 11.3. The van der Waals surface area contributed by atoms with E-state index in [-0.39, 0.29) is 11.8 Å². The van der Waals surface area contributed by atoms with Crippen molar-refractivity contribution in [3.63, 3.8) is 0 Å². The lowest BCUT2D eigenvalue weighted by molar-refractivity contribution is 0.0953. The van der Waals surface area contributed by atoms with Gasteiger partial charge in [0.05, 0.1) is 15.6 Å². The quantitative estimate of drug-likeness (QED) is 0.396. The summed E-state index contributed by atoms with van der Waals surface area (Å²) in [6, 6.07) is 14.4. The summed E-state index contributed by atoms with van der Waals surface area (Å²) < 4.78 is 0.944. The second kappa shape index (κ2) is 9.09. The van der Waals surface area contributed by atoms with Crippen molar-refractivity contribution in [2.24, 2.45) is 0 Å². The summed E-state index contributed by atoms with van der Waals surface area (Å²) in [5.41, 5.74) is 0.421. The Morgan fingerprint density at radius 3 is 2.50 bits per heavy atom. The fourth-order valence-electron chi connectivity index (χ4n) is 2.74. The second-order valence-electron chi connectivity index (χ2n) is 6.18. The van der Waals surface area contributed by atoms with Crippen molar-refractivity contribution in [3.05, 3.63) is 74.0 Å². The lowest BCUT2D eigenvalue weighted by Crippen LogP contribution is -2.25. The average molecular weight is 477 g/mol. The molecule has 4 rings (SSSR count). The van der Waals surface area contributed by atoms with Crippen LogP contribution >= 0.6 is 45.9 Å². The van der Waals surface area contributed by atoms with Crippen LogP contribution in [0.4, 0.5) is 5.13 Å². The minimum Gasteiger partial charge on any atom is -0.352 e. The minimum absolute atomic E-state index is 0.252. The van der Waals surface area contributed by atoms with Crippen LogP contribution in [0.1, 0.15) is 25.0 Å². The summed E-state index contributed by atoms with van der Waals surface area (Å²) >= 11 is 15.0.